The SMILES string of the molecule is Cc1cc(NN2C=C(Sc3ccc(NC(=O)C4CC4)cc3)n3cncc3C2)n[nH]1. The molecule has 0 spiro atoms. The number of anilines is 2. The number of amides is 1. The summed E-state index contributed by atoms with van der Waals surface area (Å²) in [5, 5.41) is 13.2. The lowest BCUT2D eigenvalue weighted by Crippen LogP contribution is -2.29. The molecule has 3 aromatic rings. The standard InChI is InChI=1S/C20H21N7OS/c1-13-8-18(24-23-13)25-26-10-16-9-21-12-27(16)19(11-26)29-17-6-4-15(5-7-17)22-20(28)14-2-3-14/h4-9,11-12,14H,2-3,10H2,1H3,(H,22,28)(H2,23,24,25). The molecule has 1 saturated carbocycles. The summed E-state index contributed by atoms with van der Waals surface area (Å²) in [5.41, 5.74) is 6.23. The Morgan fingerprint density at radius 3 is 2.83 bits per heavy atom. The Morgan fingerprint density at radius 1 is 1.28 bits per heavy atom. The summed E-state index contributed by atoms with van der Waals surface area (Å²) in [6.45, 7) is 2.65. The summed E-state index contributed by atoms with van der Waals surface area (Å²) in [5.74, 6) is 1.10. The van der Waals surface area contributed by atoms with Gasteiger partial charge in [-0.2, -0.15) is 5.10 Å². The van der Waals surface area contributed by atoms with Crippen molar-refractivity contribution in [3.63, 3.8) is 0 Å². The predicted octanol–water partition coefficient (Wildman–Crippen LogP) is 3.65. The third-order valence-electron chi connectivity index (χ3n) is 4.81. The molecule has 1 aromatic carbocycles. The van der Waals surface area contributed by atoms with Crippen LogP contribution in [0.25, 0.3) is 5.03 Å². The number of rotatable bonds is 6. The van der Waals surface area contributed by atoms with Crippen molar-refractivity contribution in [3.05, 3.63) is 60.4 Å². The summed E-state index contributed by atoms with van der Waals surface area (Å²) >= 11 is 1.64. The van der Waals surface area contributed by atoms with Gasteiger partial charge in [-0.25, -0.2) is 4.98 Å². The summed E-state index contributed by atoms with van der Waals surface area (Å²) in [6.07, 6.45) is 7.75. The van der Waals surface area contributed by atoms with Crippen LogP contribution in [-0.2, 0) is 11.3 Å². The molecule has 0 bridgehead atoms. The number of carbonyl (C=O) groups excluding carboxylic acids is 1. The van der Waals surface area contributed by atoms with Crippen LogP contribution in [0.15, 0.2) is 54.0 Å². The number of aryl methyl sites for hydroxylation is 1. The zero-order valence-corrected chi connectivity index (χ0v) is 16.7. The molecular weight excluding hydrogens is 386 g/mol. The molecule has 148 valence electrons. The van der Waals surface area contributed by atoms with Gasteiger partial charge in [0.2, 0.25) is 5.91 Å². The van der Waals surface area contributed by atoms with Crippen molar-refractivity contribution in [1.29, 1.82) is 0 Å². The summed E-state index contributed by atoms with van der Waals surface area (Å²) in [6, 6.07) is 9.90. The average molecular weight is 408 g/mol. The highest BCUT2D eigenvalue weighted by molar-refractivity contribution is 8.08. The zero-order valence-electron chi connectivity index (χ0n) is 15.9. The number of fused-ring (bicyclic) bond motifs is 1. The van der Waals surface area contributed by atoms with Crippen molar-refractivity contribution < 1.29 is 4.79 Å². The highest BCUT2D eigenvalue weighted by Crippen LogP contribution is 2.35. The summed E-state index contributed by atoms with van der Waals surface area (Å²) < 4.78 is 2.08. The van der Waals surface area contributed by atoms with Gasteiger partial charge in [0, 0.05) is 28.3 Å². The number of benzene rings is 1. The number of aromatic amines is 1. The van der Waals surface area contributed by atoms with Gasteiger partial charge in [-0.05, 0) is 44.0 Å². The van der Waals surface area contributed by atoms with Gasteiger partial charge in [0.25, 0.3) is 0 Å². The van der Waals surface area contributed by atoms with Crippen LogP contribution in [0, 0.1) is 12.8 Å². The Labute approximate surface area is 172 Å². The highest BCUT2D eigenvalue weighted by Gasteiger charge is 2.29. The Morgan fingerprint density at radius 2 is 2.10 bits per heavy atom. The monoisotopic (exact) mass is 407 g/mol. The molecule has 0 unspecified atom stereocenters. The first-order chi connectivity index (χ1) is 14.1. The van der Waals surface area contributed by atoms with Gasteiger partial charge >= 0.3 is 0 Å². The van der Waals surface area contributed by atoms with E-state index in [1.54, 1.807) is 11.8 Å². The number of thioether (sulfide) groups is 1. The number of hydrogen-bond acceptors (Lipinski definition) is 6. The Kier molecular flexibility index (Phi) is 4.51. The molecule has 2 aromatic heterocycles. The lowest BCUT2D eigenvalue weighted by molar-refractivity contribution is -0.117. The van der Waals surface area contributed by atoms with E-state index in [9.17, 15) is 4.79 Å². The van der Waals surface area contributed by atoms with E-state index < -0.39 is 0 Å². The normalized spacial score (nSPS) is 15.6. The Hall–Kier alpha value is -3.20. The van der Waals surface area contributed by atoms with Crippen molar-refractivity contribution in [2.75, 3.05) is 10.7 Å². The number of nitrogens with zero attached hydrogens (tertiary/aromatic N) is 4. The molecule has 29 heavy (non-hydrogen) atoms. The van der Waals surface area contributed by atoms with Crippen LogP contribution in [-0.4, -0.2) is 30.7 Å². The van der Waals surface area contributed by atoms with Crippen LogP contribution in [0.1, 0.15) is 24.2 Å². The lowest BCUT2D eigenvalue weighted by Gasteiger charge is -2.28. The van der Waals surface area contributed by atoms with Crippen LogP contribution in [0.3, 0.4) is 0 Å². The molecule has 0 saturated heterocycles. The number of hydrazine groups is 1. The van der Waals surface area contributed by atoms with Crippen molar-refractivity contribution >= 4 is 34.2 Å². The fraction of sp³-hybridized carbons (Fsp3) is 0.250. The second kappa shape index (κ2) is 7.32. The number of hydrogen-bond donors (Lipinski definition) is 3. The maximum absolute atomic E-state index is 11.9. The van der Waals surface area contributed by atoms with E-state index in [1.165, 1.54) is 0 Å². The van der Waals surface area contributed by atoms with Gasteiger partial charge in [-0.15, -0.1) is 0 Å². The van der Waals surface area contributed by atoms with Gasteiger partial charge < -0.3 is 5.32 Å². The minimum atomic E-state index is 0.124. The van der Waals surface area contributed by atoms with Gasteiger partial charge in [0.05, 0.1) is 31.0 Å². The predicted molar refractivity (Wildman–Crippen MR) is 113 cm³/mol. The minimum Gasteiger partial charge on any atom is -0.326 e. The Bertz CT molecular complexity index is 1060. The zero-order chi connectivity index (χ0) is 19.8. The van der Waals surface area contributed by atoms with E-state index in [4.69, 9.17) is 0 Å². The van der Waals surface area contributed by atoms with Gasteiger partial charge in [0.1, 0.15) is 5.03 Å². The first-order valence-electron chi connectivity index (χ1n) is 9.51. The van der Waals surface area contributed by atoms with E-state index in [1.807, 2.05) is 61.0 Å². The molecule has 3 N–H and O–H groups in total. The smallest absolute Gasteiger partial charge is 0.227 e. The average Bonchev–Trinajstić information content (AvgIpc) is 3.32. The van der Waals surface area contributed by atoms with Crippen molar-refractivity contribution in [3.8, 4) is 0 Å². The summed E-state index contributed by atoms with van der Waals surface area (Å²) in [4.78, 5) is 17.3. The topological polar surface area (TPSA) is 90.9 Å². The van der Waals surface area contributed by atoms with E-state index >= 15 is 0 Å². The van der Waals surface area contributed by atoms with Crippen molar-refractivity contribution in [2.45, 2.75) is 31.2 Å². The minimum absolute atomic E-state index is 0.124. The van der Waals surface area contributed by atoms with Gasteiger partial charge in [0.15, 0.2) is 5.82 Å². The number of imidazole rings is 1. The molecular formula is C20H21N7OS. The van der Waals surface area contributed by atoms with Crippen LogP contribution in [0.5, 0.6) is 0 Å². The Balaban J connectivity index is 1.31. The molecule has 1 amide bonds. The fourth-order valence-electron chi connectivity index (χ4n) is 3.14. The second-order valence-electron chi connectivity index (χ2n) is 7.29. The van der Waals surface area contributed by atoms with Crippen LogP contribution in [0.4, 0.5) is 11.5 Å². The molecule has 9 heteroatoms. The molecule has 3 heterocycles. The van der Waals surface area contributed by atoms with Crippen molar-refractivity contribution in [1.82, 2.24) is 24.8 Å². The number of nitrogens with one attached hydrogen (secondary N) is 3. The molecule has 2 aliphatic rings. The highest BCUT2D eigenvalue weighted by atomic mass is 32.2. The maximum atomic E-state index is 11.9. The van der Waals surface area contributed by atoms with Crippen LogP contribution >= 0.6 is 11.8 Å². The third kappa shape index (κ3) is 4.00. The molecule has 0 radical (unpaired) electrons. The molecule has 8 nitrogen and oxygen atoms in total. The quantitative estimate of drug-likeness (QED) is 0.578. The third-order valence-corrected chi connectivity index (χ3v) is 5.83. The fourth-order valence-corrected chi connectivity index (χ4v) is 4.10. The molecule has 1 aliphatic carbocycles. The molecule has 0 atom stereocenters. The largest absolute Gasteiger partial charge is 0.326 e. The first-order valence-corrected chi connectivity index (χ1v) is 10.3. The summed E-state index contributed by atoms with van der Waals surface area (Å²) in [7, 11) is 0. The molecule has 5 rings (SSSR count). The van der Waals surface area contributed by atoms with Crippen molar-refractivity contribution in [2.24, 2.45) is 5.92 Å². The lowest BCUT2D eigenvalue weighted by atomic mass is 10.3. The maximum Gasteiger partial charge on any atom is 0.227 e. The van der Waals surface area contributed by atoms with Crippen LogP contribution < -0.4 is 10.7 Å². The van der Waals surface area contributed by atoms with Gasteiger partial charge in [-0.1, -0.05) is 11.8 Å². The van der Waals surface area contributed by atoms with E-state index in [0.717, 1.165) is 45.7 Å². The molecule has 1 aliphatic heterocycles. The van der Waals surface area contributed by atoms with Gasteiger partial charge in [-0.3, -0.25) is 24.9 Å². The van der Waals surface area contributed by atoms with E-state index in [2.05, 4.69) is 30.5 Å². The number of aromatic nitrogens is 4. The number of carbonyl (C=O) groups is 1. The van der Waals surface area contributed by atoms with E-state index in [-0.39, 0.29) is 11.8 Å². The number of H-pyrrole nitrogens is 1. The molecule has 1 fully saturated rings. The van der Waals surface area contributed by atoms with Crippen LogP contribution in [0.2, 0.25) is 0 Å². The van der Waals surface area contributed by atoms with E-state index in [0.29, 0.717) is 6.54 Å². The second-order valence-corrected chi connectivity index (χ2v) is 8.38. The first kappa shape index (κ1) is 17.9.